The van der Waals surface area contributed by atoms with Gasteiger partial charge in [0.15, 0.2) is 5.78 Å². The highest BCUT2D eigenvalue weighted by atomic mass is 16.5. The fourth-order valence-electron chi connectivity index (χ4n) is 0.848. The fraction of sp³-hybridized carbons (Fsp3) is 0.818. The van der Waals surface area contributed by atoms with Crippen molar-refractivity contribution in [3.8, 4) is 0 Å². The topological polar surface area (TPSA) is 52.6 Å². The summed E-state index contributed by atoms with van der Waals surface area (Å²) in [4.78, 5) is 23.1. The standard InChI is InChI=1S/C11H20O4/c1-6-14-10(13)11(4,5)9(12)7-15-8(2)3/h8H,6-7H2,1-5H3. The van der Waals surface area contributed by atoms with Crippen LogP contribution < -0.4 is 0 Å². The van der Waals surface area contributed by atoms with Crippen molar-refractivity contribution in [2.45, 2.75) is 40.7 Å². The van der Waals surface area contributed by atoms with Gasteiger partial charge in [0, 0.05) is 0 Å². The third kappa shape index (κ3) is 4.42. The van der Waals surface area contributed by atoms with E-state index in [2.05, 4.69) is 0 Å². The van der Waals surface area contributed by atoms with E-state index in [0.717, 1.165) is 0 Å². The van der Waals surface area contributed by atoms with Gasteiger partial charge in [-0.2, -0.15) is 0 Å². The molecule has 0 aromatic heterocycles. The predicted molar refractivity (Wildman–Crippen MR) is 56.5 cm³/mol. The average Bonchev–Trinajstić information content (AvgIpc) is 2.14. The number of ketones is 1. The van der Waals surface area contributed by atoms with E-state index >= 15 is 0 Å². The van der Waals surface area contributed by atoms with Gasteiger partial charge in [-0.15, -0.1) is 0 Å². The van der Waals surface area contributed by atoms with Crippen LogP contribution >= 0.6 is 0 Å². The fourth-order valence-corrected chi connectivity index (χ4v) is 0.848. The molecular weight excluding hydrogens is 196 g/mol. The highest BCUT2D eigenvalue weighted by Gasteiger charge is 2.37. The molecule has 0 saturated carbocycles. The van der Waals surface area contributed by atoms with Crippen molar-refractivity contribution in [1.82, 2.24) is 0 Å². The summed E-state index contributed by atoms with van der Waals surface area (Å²) in [6.45, 7) is 8.72. The molecule has 0 amide bonds. The van der Waals surface area contributed by atoms with E-state index in [0.29, 0.717) is 0 Å². The molecule has 0 atom stereocenters. The summed E-state index contributed by atoms with van der Waals surface area (Å²) in [5, 5.41) is 0. The molecule has 0 radical (unpaired) electrons. The normalized spacial score (nSPS) is 11.6. The third-order valence-electron chi connectivity index (χ3n) is 2.03. The summed E-state index contributed by atoms with van der Waals surface area (Å²) >= 11 is 0. The van der Waals surface area contributed by atoms with Crippen LogP contribution in [0, 0.1) is 5.41 Å². The van der Waals surface area contributed by atoms with Crippen LogP contribution in [0.25, 0.3) is 0 Å². The lowest BCUT2D eigenvalue weighted by molar-refractivity contribution is -0.159. The zero-order valence-electron chi connectivity index (χ0n) is 10.1. The zero-order chi connectivity index (χ0) is 12.1. The first kappa shape index (κ1) is 14.1. The summed E-state index contributed by atoms with van der Waals surface area (Å²) in [5.74, 6) is -0.753. The van der Waals surface area contributed by atoms with Crippen LogP contribution in [-0.4, -0.2) is 31.1 Å². The monoisotopic (exact) mass is 216 g/mol. The number of rotatable bonds is 6. The summed E-state index contributed by atoms with van der Waals surface area (Å²) in [7, 11) is 0. The smallest absolute Gasteiger partial charge is 0.319 e. The Bertz CT molecular complexity index is 231. The van der Waals surface area contributed by atoms with Crippen molar-refractivity contribution in [1.29, 1.82) is 0 Å². The summed E-state index contributed by atoms with van der Waals surface area (Å²) in [5.41, 5.74) is -1.12. The lowest BCUT2D eigenvalue weighted by atomic mass is 9.88. The van der Waals surface area contributed by atoms with Gasteiger partial charge in [0.1, 0.15) is 12.0 Å². The molecule has 0 aliphatic heterocycles. The van der Waals surface area contributed by atoms with Gasteiger partial charge >= 0.3 is 5.97 Å². The highest BCUT2D eigenvalue weighted by Crippen LogP contribution is 2.19. The minimum absolute atomic E-state index is 0.0213. The Hall–Kier alpha value is -0.900. The lowest BCUT2D eigenvalue weighted by Gasteiger charge is -2.21. The molecule has 0 aliphatic carbocycles. The molecule has 0 rings (SSSR count). The molecular formula is C11H20O4. The van der Waals surface area contributed by atoms with E-state index in [1.165, 1.54) is 0 Å². The Balaban J connectivity index is 4.31. The van der Waals surface area contributed by atoms with Crippen LogP contribution in [-0.2, 0) is 19.1 Å². The second-order valence-electron chi connectivity index (χ2n) is 4.13. The van der Waals surface area contributed by atoms with Crippen molar-refractivity contribution in [3.05, 3.63) is 0 Å². The van der Waals surface area contributed by atoms with Gasteiger partial charge in [-0.05, 0) is 34.6 Å². The van der Waals surface area contributed by atoms with Gasteiger partial charge in [0.25, 0.3) is 0 Å². The van der Waals surface area contributed by atoms with Gasteiger partial charge in [-0.25, -0.2) is 0 Å². The maximum absolute atomic E-state index is 11.7. The molecule has 0 saturated heterocycles. The molecule has 0 aromatic rings. The largest absolute Gasteiger partial charge is 0.465 e. The Kier molecular flexibility index (Phi) is 5.50. The third-order valence-corrected chi connectivity index (χ3v) is 2.03. The van der Waals surface area contributed by atoms with Crippen LogP contribution in [0.3, 0.4) is 0 Å². The van der Waals surface area contributed by atoms with Gasteiger partial charge in [0.05, 0.1) is 12.7 Å². The summed E-state index contributed by atoms with van der Waals surface area (Å²) in [6, 6.07) is 0. The van der Waals surface area contributed by atoms with Crippen molar-refractivity contribution in [3.63, 3.8) is 0 Å². The molecule has 0 bridgehead atoms. The van der Waals surface area contributed by atoms with E-state index in [-0.39, 0.29) is 25.1 Å². The molecule has 0 unspecified atom stereocenters. The first-order chi connectivity index (χ1) is 6.82. The van der Waals surface area contributed by atoms with Crippen molar-refractivity contribution in [2.24, 2.45) is 5.41 Å². The Morgan fingerprint density at radius 1 is 1.27 bits per heavy atom. The Morgan fingerprint density at radius 3 is 2.20 bits per heavy atom. The maximum Gasteiger partial charge on any atom is 0.319 e. The quantitative estimate of drug-likeness (QED) is 0.499. The van der Waals surface area contributed by atoms with E-state index in [4.69, 9.17) is 9.47 Å². The zero-order valence-corrected chi connectivity index (χ0v) is 10.1. The first-order valence-corrected chi connectivity index (χ1v) is 5.14. The van der Waals surface area contributed by atoms with Crippen LogP contribution in [0.4, 0.5) is 0 Å². The first-order valence-electron chi connectivity index (χ1n) is 5.14. The number of Topliss-reactive ketones (excluding diaryl/α,β-unsaturated/α-hetero) is 1. The van der Waals surface area contributed by atoms with E-state index in [1.54, 1.807) is 20.8 Å². The van der Waals surface area contributed by atoms with E-state index in [9.17, 15) is 9.59 Å². The van der Waals surface area contributed by atoms with Crippen LogP contribution in [0.15, 0.2) is 0 Å². The number of ether oxygens (including phenoxy) is 2. The summed E-state index contributed by atoms with van der Waals surface area (Å²) < 4.78 is 9.98. The van der Waals surface area contributed by atoms with Crippen molar-refractivity contribution in [2.75, 3.05) is 13.2 Å². The van der Waals surface area contributed by atoms with Gasteiger partial charge in [0.2, 0.25) is 0 Å². The Morgan fingerprint density at radius 2 is 1.80 bits per heavy atom. The van der Waals surface area contributed by atoms with Crippen LogP contribution in [0.5, 0.6) is 0 Å². The molecule has 0 spiro atoms. The summed E-state index contributed by atoms with van der Waals surface area (Å²) in [6.07, 6.45) is -0.0213. The second-order valence-corrected chi connectivity index (χ2v) is 4.13. The number of esters is 1. The van der Waals surface area contributed by atoms with Crippen LogP contribution in [0.1, 0.15) is 34.6 Å². The SMILES string of the molecule is CCOC(=O)C(C)(C)C(=O)COC(C)C. The molecule has 88 valence electrons. The number of hydrogen-bond donors (Lipinski definition) is 0. The second kappa shape index (κ2) is 5.85. The van der Waals surface area contributed by atoms with E-state index in [1.807, 2.05) is 13.8 Å². The maximum atomic E-state index is 11.7. The molecule has 15 heavy (non-hydrogen) atoms. The molecule has 0 aromatic carbocycles. The number of carbonyl (C=O) groups is 2. The highest BCUT2D eigenvalue weighted by molar-refractivity contribution is 6.03. The molecule has 0 aliphatic rings. The molecule has 4 heteroatoms. The van der Waals surface area contributed by atoms with Gasteiger partial charge in [-0.1, -0.05) is 0 Å². The molecule has 4 nitrogen and oxygen atoms in total. The minimum Gasteiger partial charge on any atom is -0.465 e. The lowest BCUT2D eigenvalue weighted by Crippen LogP contribution is -2.38. The number of carbonyl (C=O) groups excluding carboxylic acids is 2. The van der Waals surface area contributed by atoms with Crippen LogP contribution in [0.2, 0.25) is 0 Å². The molecule has 0 N–H and O–H groups in total. The van der Waals surface area contributed by atoms with Gasteiger partial charge in [-0.3, -0.25) is 9.59 Å². The van der Waals surface area contributed by atoms with Crippen molar-refractivity contribution < 1.29 is 19.1 Å². The molecule has 0 heterocycles. The average molecular weight is 216 g/mol. The molecule has 0 fully saturated rings. The van der Waals surface area contributed by atoms with Gasteiger partial charge < -0.3 is 9.47 Å². The van der Waals surface area contributed by atoms with E-state index < -0.39 is 11.4 Å². The predicted octanol–water partition coefficient (Wildman–Crippen LogP) is 1.57. The Labute approximate surface area is 90.9 Å². The van der Waals surface area contributed by atoms with Crippen molar-refractivity contribution >= 4 is 11.8 Å². The minimum atomic E-state index is -1.12. The number of hydrogen-bond acceptors (Lipinski definition) is 4.